The smallest absolute Gasteiger partial charge is 0.337 e. The van der Waals surface area contributed by atoms with E-state index in [0.717, 1.165) is 6.42 Å². The summed E-state index contributed by atoms with van der Waals surface area (Å²) in [5, 5.41) is 11.7. The summed E-state index contributed by atoms with van der Waals surface area (Å²) in [6, 6.07) is 3.16. The van der Waals surface area contributed by atoms with E-state index in [1.807, 2.05) is 0 Å². The molecule has 0 radical (unpaired) electrons. The van der Waals surface area contributed by atoms with Crippen molar-refractivity contribution in [1.29, 1.82) is 0 Å². The number of rotatable bonds is 4. The fourth-order valence-electron chi connectivity index (χ4n) is 1.00. The van der Waals surface area contributed by atoms with Gasteiger partial charge in [-0.1, -0.05) is 0 Å². The molecule has 0 aliphatic carbocycles. The van der Waals surface area contributed by atoms with E-state index in [1.54, 1.807) is 13.0 Å². The first kappa shape index (κ1) is 11.1. The van der Waals surface area contributed by atoms with Crippen molar-refractivity contribution in [3.63, 3.8) is 0 Å². The Hall–Kier alpha value is -2.02. The minimum atomic E-state index is -0.967. The van der Waals surface area contributed by atoms with Crippen LogP contribution in [0.25, 0.3) is 0 Å². The first-order valence-electron chi connectivity index (χ1n) is 4.57. The van der Waals surface area contributed by atoms with Crippen LogP contribution in [0.1, 0.15) is 23.7 Å². The number of aromatic carboxylic acids is 1. The fraction of sp³-hybridized carbons (Fsp3) is 0.273. The summed E-state index contributed by atoms with van der Waals surface area (Å²) < 4.78 is 0. The number of nitrogens with one attached hydrogen (secondary N) is 1. The predicted octanol–water partition coefficient (Wildman–Crippen LogP) is 1.61. The van der Waals surface area contributed by atoms with Gasteiger partial charge in [0.2, 0.25) is 0 Å². The van der Waals surface area contributed by atoms with Gasteiger partial charge in [-0.3, -0.25) is 0 Å². The zero-order valence-electron chi connectivity index (χ0n) is 8.45. The molecule has 0 atom stereocenters. The van der Waals surface area contributed by atoms with Crippen molar-refractivity contribution >= 4 is 11.8 Å². The van der Waals surface area contributed by atoms with E-state index in [1.165, 1.54) is 12.3 Å². The molecule has 4 heteroatoms. The maximum atomic E-state index is 10.5. The van der Waals surface area contributed by atoms with Crippen LogP contribution in [0.3, 0.4) is 0 Å². The van der Waals surface area contributed by atoms with E-state index in [4.69, 9.17) is 5.11 Å². The van der Waals surface area contributed by atoms with Crippen LogP contribution < -0.4 is 5.32 Å². The minimum absolute atomic E-state index is 0.189. The molecule has 0 unspecified atom stereocenters. The average Bonchev–Trinajstić information content (AvgIpc) is 2.25. The summed E-state index contributed by atoms with van der Waals surface area (Å²) in [5.74, 6) is 5.40. The molecule has 0 spiro atoms. The molecule has 1 heterocycles. The molecule has 0 saturated heterocycles. The van der Waals surface area contributed by atoms with Crippen LogP contribution in [-0.4, -0.2) is 22.6 Å². The second-order valence-corrected chi connectivity index (χ2v) is 2.84. The lowest BCUT2D eigenvalue weighted by Crippen LogP contribution is -2.03. The van der Waals surface area contributed by atoms with E-state index in [-0.39, 0.29) is 5.56 Å². The molecule has 0 fully saturated rings. The third-order valence-electron chi connectivity index (χ3n) is 1.74. The lowest BCUT2D eigenvalue weighted by atomic mass is 10.3. The average molecular weight is 204 g/mol. The number of carboxylic acids is 1. The monoisotopic (exact) mass is 204 g/mol. The molecule has 0 aromatic carbocycles. The van der Waals surface area contributed by atoms with Crippen molar-refractivity contribution in [3.8, 4) is 11.8 Å². The molecule has 0 aliphatic heterocycles. The van der Waals surface area contributed by atoms with Crippen LogP contribution >= 0.6 is 0 Å². The van der Waals surface area contributed by atoms with Crippen molar-refractivity contribution < 1.29 is 9.90 Å². The highest BCUT2D eigenvalue weighted by Crippen LogP contribution is 2.04. The van der Waals surface area contributed by atoms with E-state index >= 15 is 0 Å². The SMILES string of the molecule is CC#CCCNc1ccc(C(=O)O)cn1. The van der Waals surface area contributed by atoms with Crippen molar-refractivity contribution in [2.24, 2.45) is 0 Å². The summed E-state index contributed by atoms with van der Waals surface area (Å²) in [5.41, 5.74) is 0.189. The molecule has 1 rings (SSSR count). The van der Waals surface area contributed by atoms with Gasteiger partial charge in [0.1, 0.15) is 5.82 Å². The number of hydrogen-bond acceptors (Lipinski definition) is 3. The fourth-order valence-corrected chi connectivity index (χ4v) is 1.00. The van der Waals surface area contributed by atoms with Crippen LogP contribution in [0.4, 0.5) is 5.82 Å². The summed E-state index contributed by atoms with van der Waals surface area (Å²) in [6.07, 6.45) is 2.08. The molecule has 4 nitrogen and oxygen atoms in total. The predicted molar refractivity (Wildman–Crippen MR) is 57.8 cm³/mol. The Morgan fingerprint density at radius 3 is 2.93 bits per heavy atom. The van der Waals surface area contributed by atoms with Gasteiger partial charge in [-0.15, -0.1) is 11.8 Å². The van der Waals surface area contributed by atoms with E-state index in [2.05, 4.69) is 22.1 Å². The molecular weight excluding hydrogens is 192 g/mol. The Morgan fingerprint density at radius 2 is 2.40 bits per heavy atom. The van der Waals surface area contributed by atoms with Gasteiger partial charge in [-0.25, -0.2) is 9.78 Å². The normalized spacial score (nSPS) is 8.87. The molecule has 15 heavy (non-hydrogen) atoms. The summed E-state index contributed by atoms with van der Waals surface area (Å²) in [7, 11) is 0. The number of pyridine rings is 1. The Labute approximate surface area is 88.3 Å². The molecule has 2 N–H and O–H groups in total. The van der Waals surface area contributed by atoms with Crippen LogP contribution in [0.5, 0.6) is 0 Å². The van der Waals surface area contributed by atoms with Gasteiger partial charge in [0, 0.05) is 19.2 Å². The Bertz CT molecular complexity index is 387. The van der Waals surface area contributed by atoms with Gasteiger partial charge < -0.3 is 10.4 Å². The Balaban J connectivity index is 2.48. The third-order valence-corrected chi connectivity index (χ3v) is 1.74. The van der Waals surface area contributed by atoms with Crippen molar-refractivity contribution in [2.45, 2.75) is 13.3 Å². The molecule has 1 aromatic heterocycles. The van der Waals surface area contributed by atoms with Crippen LogP contribution in [0, 0.1) is 11.8 Å². The second-order valence-electron chi connectivity index (χ2n) is 2.84. The van der Waals surface area contributed by atoms with Crippen LogP contribution in [-0.2, 0) is 0 Å². The zero-order chi connectivity index (χ0) is 11.1. The molecular formula is C11H12N2O2. The highest BCUT2D eigenvalue weighted by atomic mass is 16.4. The van der Waals surface area contributed by atoms with Crippen molar-refractivity contribution in [3.05, 3.63) is 23.9 Å². The first-order chi connectivity index (χ1) is 7.24. The number of anilines is 1. The van der Waals surface area contributed by atoms with Gasteiger partial charge in [0.05, 0.1) is 5.56 Å². The van der Waals surface area contributed by atoms with Crippen LogP contribution in [0.15, 0.2) is 18.3 Å². The van der Waals surface area contributed by atoms with Gasteiger partial charge in [-0.2, -0.15) is 0 Å². The lowest BCUT2D eigenvalue weighted by molar-refractivity contribution is 0.0696. The third kappa shape index (κ3) is 3.69. The molecule has 0 amide bonds. The maximum absolute atomic E-state index is 10.5. The largest absolute Gasteiger partial charge is 0.478 e. The molecule has 0 aliphatic rings. The Kier molecular flexibility index (Phi) is 4.17. The minimum Gasteiger partial charge on any atom is -0.478 e. The number of aromatic nitrogens is 1. The van der Waals surface area contributed by atoms with Crippen LogP contribution in [0.2, 0.25) is 0 Å². The number of nitrogens with zero attached hydrogens (tertiary/aromatic N) is 1. The summed E-state index contributed by atoms with van der Waals surface area (Å²) >= 11 is 0. The topological polar surface area (TPSA) is 62.2 Å². The Morgan fingerprint density at radius 1 is 1.60 bits per heavy atom. The van der Waals surface area contributed by atoms with Gasteiger partial charge in [-0.05, 0) is 19.1 Å². The highest BCUT2D eigenvalue weighted by molar-refractivity contribution is 5.87. The highest BCUT2D eigenvalue weighted by Gasteiger charge is 2.01. The summed E-state index contributed by atoms with van der Waals surface area (Å²) in [6.45, 7) is 2.50. The molecule has 0 bridgehead atoms. The number of carboxylic acid groups (broad SMARTS) is 1. The number of hydrogen-bond donors (Lipinski definition) is 2. The molecule has 0 saturated carbocycles. The van der Waals surface area contributed by atoms with Crippen molar-refractivity contribution in [1.82, 2.24) is 4.98 Å². The van der Waals surface area contributed by atoms with Gasteiger partial charge in [0.25, 0.3) is 0 Å². The zero-order valence-corrected chi connectivity index (χ0v) is 8.45. The lowest BCUT2D eigenvalue weighted by Gasteiger charge is -2.02. The number of carbonyl (C=O) groups is 1. The van der Waals surface area contributed by atoms with Crippen molar-refractivity contribution in [2.75, 3.05) is 11.9 Å². The van der Waals surface area contributed by atoms with E-state index < -0.39 is 5.97 Å². The quantitative estimate of drug-likeness (QED) is 0.577. The summed E-state index contributed by atoms with van der Waals surface area (Å²) in [4.78, 5) is 14.5. The van der Waals surface area contributed by atoms with Gasteiger partial charge in [0.15, 0.2) is 0 Å². The molecule has 78 valence electrons. The standard InChI is InChI=1S/C11H12N2O2/c1-2-3-4-7-12-10-6-5-9(8-13-10)11(14)15/h5-6,8H,4,7H2,1H3,(H,12,13)(H,14,15). The first-order valence-corrected chi connectivity index (χ1v) is 4.57. The molecule has 1 aromatic rings. The van der Waals surface area contributed by atoms with Gasteiger partial charge >= 0.3 is 5.97 Å². The second kappa shape index (κ2) is 5.66. The van der Waals surface area contributed by atoms with E-state index in [9.17, 15) is 4.79 Å². The van der Waals surface area contributed by atoms with E-state index in [0.29, 0.717) is 12.4 Å². The maximum Gasteiger partial charge on any atom is 0.337 e.